The summed E-state index contributed by atoms with van der Waals surface area (Å²) in [6.45, 7) is 2.36. The van der Waals surface area contributed by atoms with Crippen LogP contribution >= 0.6 is 0 Å². The molecule has 2 rings (SSSR count). The van der Waals surface area contributed by atoms with Gasteiger partial charge in [0.25, 0.3) is 0 Å². The van der Waals surface area contributed by atoms with Crippen molar-refractivity contribution in [3.63, 3.8) is 0 Å². The molecule has 2 atom stereocenters. The van der Waals surface area contributed by atoms with Crippen molar-refractivity contribution in [3.05, 3.63) is 0 Å². The molecule has 0 aromatic heterocycles. The zero-order valence-electron chi connectivity index (χ0n) is 9.79. The minimum Gasteiger partial charge on any atom is -0.311 e. The third-order valence-corrected chi connectivity index (χ3v) is 3.98. The van der Waals surface area contributed by atoms with Crippen LogP contribution in [0.25, 0.3) is 0 Å². The van der Waals surface area contributed by atoms with Gasteiger partial charge in [0, 0.05) is 18.1 Å². The molecule has 0 amide bonds. The first-order valence-electron chi connectivity index (χ1n) is 6.07. The minimum absolute atomic E-state index is 0.805. The molecule has 2 saturated carbocycles. The minimum atomic E-state index is 0.805. The fourth-order valence-electron chi connectivity index (χ4n) is 2.95. The first-order chi connectivity index (χ1) is 6.65. The van der Waals surface area contributed by atoms with Crippen LogP contribution in [0.3, 0.4) is 0 Å². The van der Waals surface area contributed by atoms with E-state index in [4.69, 9.17) is 0 Å². The molecule has 0 aliphatic heterocycles. The Labute approximate surface area is 88.1 Å². The van der Waals surface area contributed by atoms with E-state index in [-0.39, 0.29) is 0 Å². The van der Waals surface area contributed by atoms with Crippen LogP contribution in [-0.2, 0) is 0 Å². The Balaban J connectivity index is 1.69. The predicted molar refractivity (Wildman–Crippen MR) is 60.4 cm³/mol. The van der Waals surface area contributed by atoms with E-state index >= 15 is 0 Å². The predicted octanol–water partition coefficient (Wildman–Crippen LogP) is 1.86. The summed E-state index contributed by atoms with van der Waals surface area (Å²) in [6, 6.07) is 2.47. The molecule has 0 heterocycles. The van der Waals surface area contributed by atoms with Crippen molar-refractivity contribution in [2.75, 3.05) is 14.1 Å². The van der Waals surface area contributed by atoms with Gasteiger partial charge in [-0.2, -0.15) is 0 Å². The van der Waals surface area contributed by atoms with Crippen molar-refractivity contribution in [2.24, 2.45) is 5.92 Å². The van der Waals surface area contributed by atoms with Crippen LogP contribution in [0.1, 0.15) is 39.0 Å². The van der Waals surface area contributed by atoms with E-state index in [1.54, 1.807) is 0 Å². The van der Waals surface area contributed by atoms with E-state index < -0.39 is 0 Å². The summed E-state index contributed by atoms with van der Waals surface area (Å²) in [4.78, 5) is 2.38. The van der Waals surface area contributed by atoms with Gasteiger partial charge in [0.05, 0.1) is 0 Å². The second-order valence-electron chi connectivity index (χ2n) is 5.57. The molecule has 0 spiro atoms. The molecule has 0 saturated heterocycles. The van der Waals surface area contributed by atoms with Crippen molar-refractivity contribution in [3.8, 4) is 0 Å². The summed E-state index contributed by atoms with van der Waals surface area (Å²) in [6.07, 6.45) is 6.94. The first-order valence-corrected chi connectivity index (χ1v) is 6.07. The van der Waals surface area contributed by atoms with Gasteiger partial charge in [0.15, 0.2) is 0 Å². The van der Waals surface area contributed by atoms with Crippen molar-refractivity contribution in [2.45, 2.75) is 57.2 Å². The second-order valence-corrected chi connectivity index (χ2v) is 5.57. The number of nitrogens with one attached hydrogen (secondary N) is 1. The van der Waals surface area contributed by atoms with Crippen molar-refractivity contribution in [1.29, 1.82) is 0 Å². The topological polar surface area (TPSA) is 15.3 Å². The molecular formula is C12H24N2. The molecule has 82 valence electrons. The molecule has 2 fully saturated rings. The highest BCUT2D eigenvalue weighted by molar-refractivity contribution is 4.90. The first kappa shape index (κ1) is 10.4. The molecular weight excluding hydrogens is 172 g/mol. The molecule has 0 aromatic carbocycles. The molecule has 2 heteroatoms. The van der Waals surface area contributed by atoms with Gasteiger partial charge in [0.1, 0.15) is 0 Å². The second kappa shape index (κ2) is 4.19. The lowest BCUT2D eigenvalue weighted by Crippen LogP contribution is -2.45. The third-order valence-electron chi connectivity index (χ3n) is 3.98. The third kappa shape index (κ3) is 2.29. The normalized spacial score (nSPS) is 42.9. The van der Waals surface area contributed by atoms with Gasteiger partial charge < -0.3 is 10.2 Å². The summed E-state index contributed by atoms with van der Waals surface area (Å²) >= 11 is 0. The van der Waals surface area contributed by atoms with Crippen molar-refractivity contribution in [1.82, 2.24) is 10.2 Å². The van der Waals surface area contributed by atoms with Crippen LogP contribution in [0.5, 0.6) is 0 Å². The van der Waals surface area contributed by atoms with Crippen molar-refractivity contribution < 1.29 is 0 Å². The standard InChI is InChI=1S/C12H24N2/c1-9-6-11(7-9)13-10-4-5-12(8-10)14(2)3/h9-13H,4-8H2,1-3H3/t9?,10-,11?,12+/m1/s1. The van der Waals surface area contributed by atoms with Gasteiger partial charge in [0.2, 0.25) is 0 Å². The quantitative estimate of drug-likeness (QED) is 0.741. The number of rotatable bonds is 3. The summed E-state index contributed by atoms with van der Waals surface area (Å²) in [5.41, 5.74) is 0. The van der Waals surface area contributed by atoms with Crippen LogP contribution in [0.4, 0.5) is 0 Å². The van der Waals surface area contributed by atoms with Crippen molar-refractivity contribution >= 4 is 0 Å². The fraction of sp³-hybridized carbons (Fsp3) is 1.00. The summed E-state index contributed by atoms with van der Waals surface area (Å²) in [5, 5.41) is 3.80. The Hall–Kier alpha value is -0.0800. The highest BCUT2D eigenvalue weighted by atomic mass is 15.1. The van der Waals surface area contributed by atoms with Gasteiger partial charge >= 0.3 is 0 Å². The van der Waals surface area contributed by atoms with Crippen LogP contribution in [-0.4, -0.2) is 37.1 Å². The number of hydrogen-bond acceptors (Lipinski definition) is 2. The zero-order valence-corrected chi connectivity index (χ0v) is 9.79. The number of nitrogens with zero attached hydrogens (tertiary/aromatic N) is 1. The van der Waals surface area contributed by atoms with E-state index in [2.05, 4.69) is 31.2 Å². The van der Waals surface area contributed by atoms with Crippen LogP contribution in [0, 0.1) is 5.92 Å². The Morgan fingerprint density at radius 3 is 2.21 bits per heavy atom. The smallest absolute Gasteiger partial charge is 0.0105 e. The average Bonchev–Trinajstić information content (AvgIpc) is 2.50. The molecule has 14 heavy (non-hydrogen) atoms. The van der Waals surface area contributed by atoms with E-state index in [1.165, 1.54) is 32.1 Å². The Morgan fingerprint density at radius 1 is 1.00 bits per heavy atom. The summed E-state index contributed by atoms with van der Waals surface area (Å²) in [7, 11) is 4.41. The van der Waals surface area contributed by atoms with Gasteiger partial charge in [-0.3, -0.25) is 0 Å². The molecule has 0 bridgehead atoms. The molecule has 0 radical (unpaired) electrons. The maximum atomic E-state index is 3.80. The van der Waals surface area contributed by atoms with Gasteiger partial charge in [-0.25, -0.2) is 0 Å². The van der Waals surface area contributed by atoms with Crippen LogP contribution < -0.4 is 5.32 Å². The maximum Gasteiger partial charge on any atom is 0.0105 e. The van der Waals surface area contributed by atoms with Crippen LogP contribution in [0.15, 0.2) is 0 Å². The molecule has 2 nitrogen and oxygen atoms in total. The summed E-state index contributed by atoms with van der Waals surface area (Å²) in [5.74, 6) is 0.971. The van der Waals surface area contributed by atoms with Gasteiger partial charge in [-0.1, -0.05) is 6.92 Å². The lowest BCUT2D eigenvalue weighted by molar-refractivity contribution is 0.217. The molecule has 2 aliphatic carbocycles. The van der Waals surface area contributed by atoms with Gasteiger partial charge in [-0.05, 0) is 52.1 Å². The Kier molecular flexibility index (Phi) is 3.13. The SMILES string of the molecule is CC1CC(N[C@@H]2CC[C@H](N(C)C)C2)C1. The van der Waals surface area contributed by atoms with E-state index in [0.29, 0.717) is 0 Å². The maximum absolute atomic E-state index is 3.80. The number of hydrogen-bond donors (Lipinski definition) is 1. The molecule has 1 N–H and O–H groups in total. The Morgan fingerprint density at radius 2 is 1.71 bits per heavy atom. The average molecular weight is 196 g/mol. The largest absolute Gasteiger partial charge is 0.311 e. The zero-order chi connectivity index (χ0) is 10.1. The molecule has 2 aliphatic rings. The van der Waals surface area contributed by atoms with Crippen LogP contribution in [0.2, 0.25) is 0 Å². The Bertz CT molecular complexity index is 185. The highest BCUT2D eigenvalue weighted by Gasteiger charge is 2.31. The van der Waals surface area contributed by atoms with E-state index in [1.807, 2.05) is 0 Å². The highest BCUT2D eigenvalue weighted by Crippen LogP contribution is 2.30. The lowest BCUT2D eigenvalue weighted by Gasteiger charge is -2.35. The monoisotopic (exact) mass is 196 g/mol. The van der Waals surface area contributed by atoms with E-state index in [9.17, 15) is 0 Å². The molecule has 0 aromatic rings. The summed E-state index contributed by atoms with van der Waals surface area (Å²) < 4.78 is 0. The fourth-order valence-corrected chi connectivity index (χ4v) is 2.95. The van der Waals surface area contributed by atoms with E-state index in [0.717, 1.165) is 24.0 Å². The molecule has 0 unspecified atom stereocenters. The lowest BCUT2D eigenvalue weighted by atomic mass is 9.81. The van der Waals surface area contributed by atoms with Gasteiger partial charge in [-0.15, -0.1) is 0 Å².